The van der Waals surface area contributed by atoms with Gasteiger partial charge in [0.1, 0.15) is 0 Å². The minimum Gasteiger partial charge on any atom is -0.454 e. The summed E-state index contributed by atoms with van der Waals surface area (Å²) < 4.78 is 84.1. The molecule has 10 atom stereocenters. The lowest BCUT2D eigenvalue weighted by molar-refractivity contribution is -0.201. The normalized spacial score (nSPS) is 34.1. The zero-order chi connectivity index (χ0) is 25.0. The molecular weight excluding hydrogens is 452 g/mol. The summed E-state index contributed by atoms with van der Waals surface area (Å²) in [6.45, 7) is 9.35. The molecule has 0 aliphatic carbocycles. The number of aliphatic hydroxyl groups is 2. The van der Waals surface area contributed by atoms with E-state index in [2.05, 4.69) is 0 Å². The molecule has 33 heavy (non-hydrogen) atoms. The SMILES string of the molecule is CC1COC(C)C(C(C(OC(=C(F)F)C(C(C)O)C2OC(C)COC2C)=C(F)F)C(C)O)O1. The predicted molar refractivity (Wildman–Crippen MR) is 109 cm³/mol. The first-order valence-electron chi connectivity index (χ1n) is 11.0. The van der Waals surface area contributed by atoms with Crippen molar-refractivity contribution >= 4 is 0 Å². The molecule has 11 heteroatoms. The van der Waals surface area contributed by atoms with Gasteiger partial charge in [-0.3, -0.25) is 0 Å². The number of ether oxygens (including phenoxy) is 5. The van der Waals surface area contributed by atoms with Gasteiger partial charge in [0.2, 0.25) is 0 Å². The molecule has 0 aromatic heterocycles. The van der Waals surface area contributed by atoms with Crippen LogP contribution in [-0.4, -0.2) is 72.3 Å². The molecular formula is C22H34F4O7. The Balaban J connectivity index is 2.46. The van der Waals surface area contributed by atoms with Crippen molar-refractivity contribution in [3.8, 4) is 0 Å². The van der Waals surface area contributed by atoms with Crippen LogP contribution in [0.25, 0.3) is 0 Å². The van der Waals surface area contributed by atoms with E-state index < -0.39 is 84.3 Å². The van der Waals surface area contributed by atoms with Crippen molar-refractivity contribution in [3.63, 3.8) is 0 Å². The Bertz CT molecular complexity index is 649. The van der Waals surface area contributed by atoms with Gasteiger partial charge in [0.25, 0.3) is 0 Å². The van der Waals surface area contributed by atoms with Crippen LogP contribution in [0, 0.1) is 11.8 Å². The van der Waals surface area contributed by atoms with Crippen LogP contribution in [0.3, 0.4) is 0 Å². The first kappa shape index (κ1) is 28.0. The Morgan fingerprint density at radius 3 is 1.33 bits per heavy atom. The first-order valence-corrected chi connectivity index (χ1v) is 11.0. The van der Waals surface area contributed by atoms with Gasteiger partial charge in [0.15, 0.2) is 11.5 Å². The molecule has 10 unspecified atom stereocenters. The summed E-state index contributed by atoms with van der Waals surface area (Å²) in [5, 5.41) is 20.7. The highest BCUT2D eigenvalue weighted by atomic mass is 19.3. The van der Waals surface area contributed by atoms with Gasteiger partial charge in [-0.2, -0.15) is 17.6 Å². The second-order valence-electron chi connectivity index (χ2n) is 8.78. The molecule has 0 saturated carbocycles. The van der Waals surface area contributed by atoms with E-state index in [1.165, 1.54) is 13.8 Å². The smallest absolute Gasteiger partial charge is 0.308 e. The molecule has 2 aliphatic heterocycles. The molecule has 0 radical (unpaired) electrons. The van der Waals surface area contributed by atoms with Crippen molar-refractivity contribution in [3.05, 3.63) is 23.7 Å². The number of hydrogen-bond acceptors (Lipinski definition) is 7. The zero-order valence-corrected chi connectivity index (χ0v) is 19.6. The van der Waals surface area contributed by atoms with Crippen LogP contribution in [0.2, 0.25) is 0 Å². The van der Waals surface area contributed by atoms with Gasteiger partial charge in [-0.25, -0.2) is 0 Å². The third kappa shape index (κ3) is 6.89. The van der Waals surface area contributed by atoms with Gasteiger partial charge < -0.3 is 33.9 Å². The highest BCUT2D eigenvalue weighted by molar-refractivity contribution is 5.15. The summed E-state index contributed by atoms with van der Waals surface area (Å²) in [4.78, 5) is 0. The maximum atomic E-state index is 14.1. The lowest BCUT2D eigenvalue weighted by Gasteiger charge is -2.41. The van der Waals surface area contributed by atoms with Crippen molar-refractivity contribution < 1.29 is 51.5 Å². The summed E-state index contributed by atoms with van der Waals surface area (Å²) in [5.74, 6) is -5.39. The minimum absolute atomic E-state index is 0.214. The van der Waals surface area contributed by atoms with Gasteiger partial charge in [0.05, 0.1) is 73.9 Å². The fourth-order valence-corrected chi connectivity index (χ4v) is 4.22. The molecule has 0 aromatic rings. The fourth-order valence-electron chi connectivity index (χ4n) is 4.22. The molecule has 2 rings (SSSR count). The maximum Gasteiger partial charge on any atom is 0.308 e. The van der Waals surface area contributed by atoms with E-state index in [1.54, 1.807) is 27.7 Å². The molecule has 192 valence electrons. The van der Waals surface area contributed by atoms with Crippen molar-refractivity contribution in [1.29, 1.82) is 0 Å². The number of rotatable bonds is 8. The van der Waals surface area contributed by atoms with Gasteiger partial charge in [-0.05, 0) is 41.5 Å². The Kier molecular flexibility index (Phi) is 10.1. The molecule has 2 fully saturated rings. The number of hydrogen-bond donors (Lipinski definition) is 2. The van der Waals surface area contributed by atoms with Gasteiger partial charge in [0, 0.05) is 0 Å². The highest BCUT2D eigenvalue weighted by Gasteiger charge is 2.45. The average Bonchev–Trinajstić information content (AvgIpc) is 2.70. The largest absolute Gasteiger partial charge is 0.454 e. The maximum absolute atomic E-state index is 14.1. The lowest BCUT2D eigenvalue weighted by atomic mass is 9.89. The third-order valence-electron chi connectivity index (χ3n) is 5.84. The van der Waals surface area contributed by atoms with Crippen LogP contribution in [0.5, 0.6) is 0 Å². The average molecular weight is 486 g/mol. The van der Waals surface area contributed by atoms with Gasteiger partial charge in [-0.1, -0.05) is 0 Å². The van der Waals surface area contributed by atoms with Crippen LogP contribution in [0.4, 0.5) is 17.6 Å². The molecule has 2 heterocycles. The van der Waals surface area contributed by atoms with Crippen molar-refractivity contribution in [1.82, 2.24) is 0 Å². The van der Waals surface area contributed by atoms with Crippen LogP contribution in [0.15, 0.2) is 23.7 Å². The van der Waals surface area contributed by atoms with Crippen molar-refractivity contribution in [2.24, 2.45) is 11.8 Å². The minimum atomic E-state index is -2.40. The summed E-state index contributed by atoms with van der Waals surface area (Å²) >= 11 is 0. The van der Waals surface area contributed by atoms with Crippen LogP contribution in [-0.2, 0) is 23.7 Å². The lowest BCUT2D eigenvalue weighted by Crippen LogP contribution is -2.50. The predicted octanol–water partition coefficient (Wildman–Crippen LogP) is 3.60. The Hall–Kier alpha value is -1.24. The molecule has 0 amide bonds. The van der Waals surface area contributed by atoms with E-state index in [0.29, 0.717) is 0 Å². The second-order valence-corrected chi connectivity index (χ2v) is 8.78. The molecule has 0 spiro atoms. The first-order chi connectivity index (χ1) is 15.3. The Morgan fingerprint density at radius 1 is 0.727 bits per heavy atom. The molecule has 0 bridgehead atoms. The monoisotopic (exact) mass is 486 g/mol. The van der Waals surface area contributed by atoms with E-state index in [-0.39, 0.29) is 13.2 Å². The standard InChI is InChI=1S/C22H34F4O7/c1-9-7-29-13(5)17(31-9)15(11(3)27)19(21(23)24)33-20(22(25)26)16(12(4)28)18-14(6)30-8-10(2)32-18/h9-18,27-28H,7-8H2,1-6H3. The highest BCUT2D eigenvalue weighted by Crippen LogP contribution is 2.39. The molecule has 7 nitrogen and oxygen atoms in total. The van der Waals surface area contributed by atoms with Crippen molar-refractivity contribution in [2.75, 3.05) is 13.2 Å². The summed E-state index contributed by atoms with van der Waals surface area (Å²) in [5.41, 5.74) is 0. The van der Waals surface area contributed by atoms with E-state index in [9.17, 15) is 27.8 Å². The Morgan fingerprint density at radius 2 is 1.06 bits per heavy atom. The topological polar surface area (TPSA) is 86.6 Å². The van der Waals surface area contributed by atoms with E-state index in [4.69, 9.17) is 23.7 Å². The van der Waals surface area contributed by atoms with Crippen LogP contribution in [0.1, 0.15) is 41.5 Å². The zero-order valence-electron chi connectivity index (χ0n) is 19.6. The fraction of sp³-hybridized carbons (Fsp3) is 0.818. The van der Waals surface area contributed by atoms with E-state index >= 15 is 0 Å². The Labute approximate surface area is 191 Å². The quantitative estimate of drug-likeness (QED) is 0.401. The van der Waals surface area contributed by atoms with Crippen LogP contribution >= 0.6 is 0 Å². The van der Waals surface area contributed by atoms with Gasteiger partial charge >= 0.3 is 12.2 Å². The molecule has 0 aromatic carbocycles. The summed E-state index contributed by atoms with van der Waals surface area (Å²) in [6, 6.07) is 0. The second kappa shape index (κ2) is 11.9. The summed E-state index contributed by atoms with van der Waals surface area (Å²) in [6.07, 6.45) is -12.3. The summed E-state index contributed by atoms with van der Waals surface area (Å²) in [7, 11) is 0. The van der Waals surface area contributed by atoms with Crippen molar-refractivity contribution in [2.45, 2.75) is 90.4 Å². The number of halogens is 4. The molecule has 2 saturated heterocycles. The molecule has 2 aliphatic rings. The van der Waals surface area contributed by atoms with E-state index in [1.807, 2.05) is 0 Å². The van der Waals surface area contributed by atoms with Gasteiger partial charge in [-0.15, -0.1) is 0 Å². The number of aliphatic hydroxyl groups excluding tert-OH is 2. The van der Waals surface area contributed by atoms with E-state index in [0.717, 1.165) is 0 Å². The molecule has 2 N–H and O–H groups in total. The van der Waals surface area contributed by atoms with Crippen LogP contribution < -0.4 is 0 Å². The third-order valence-corrected chi connectivity index (χ3v) is 5.84.